The Kier molecular flexibility index (Phi) is 2.36. The van der Waals surface area contributed by atoms with Crippen LogP contribution in [0.3, 0.4) is 0 Å². The number of para-hydroxylation sites is 1. The molecule has 1 aliphatic carbocycles. The number of thiazole rings is 1. The third kappa shape index (κ3) is 1.66. The standard InChI is InChI=1S/C15H17N3S/c16-14-17-8-11(19-14)9-18-10-15(6-3-7-15)12-4-1-2-5-13(12)18/h1-2,4-5,8H,3,6-7,9-10H2,(H2,16,17). The Morgan fingerprint density at radius 1 is 1.32 bits per heavy atom. The maximum absolute atomic E-state index is 5.73. The van der Waals surface area contributed by atoms with Crippen LogP contribution < -0.4 is 10.6 Å². The quantitative estimate of drug-likeness (QED) is 0.912. The van der Waals surface area contributed by atoms with Crippen molar-refractivity contribution in [1.82, 2.24) is 4.98 Å². The van der Waals surface area contributed by atoms with E-state index in [1.54, 1.807) is 16.9 Å². The summed E-state index contributed by atoms with van der Waals surface area (Å²) in [6.45, 7) is 2.10. The van der Waals surface area contributed by atoms with Gasteiger partial charge in [-0.25, -0.2) is 4.98 Å². The molecule has 19 heavy (non-hydrogen) atoms. The fraction of sp³-hybridized carbons (Fsp3) is 0.400. The predicted octanol–water partition coefficient (Wildman–Crippen LogP) is 3.17. The molecule has 1 fully saturated rings. The van der Waals surface area contributed by atoms with Crippen LogP contribution in [0.4, 0.5) is 10.8 Å². The van der Waals surface area contributed by atoms with E-state index in [4.69, 9.17) is 5.73 Å². The topological polar surface area (TPSA) is 42.1 Å². The zero-order chi connectivity index (χ0) is 12.9. The number of rotatable bonds is 2. The van der Waals surface area contributed by atoms with Gasteiger partial charge in [-0.2, -0.15) is 0 Å². The van der Waals surface area contributed by atoms with Gasteiger partial charge < -0.3 is 10.6 Å². The van der Waals surface area contributed by atoms with Crippen molar-refractivity contribution in [2.75, 3.05) is 17.2 Å². The Bertz CT molecular complexity index is 615. The largest absolute Gasteiger partial charge is 0.375 e. The fourth-order valence-electron chi connectivity index (χ4n) is 3.49. The molecule has 4 heteroatoms. The molecule has 2 aliphatic rings. The summed E-state index contributed by atoms with van der Waals surface area (Å²) >= 11 is 1.60. The maximum atomic E-state index is 5.73. The number of nitrogen functional groups attached to an aromatic ring is 1. The Morgan fingerprint density at radius 2 is 2.16 bits per heavy atom. The highest BCUT2D eigenvalue weighted by Crippen LogP contribution is 2.52. The van der Waals surface area contributed by atoms with E-state index in [1.807, 2.05) is 6.20 Å². The van der Waals surface area contributed by atoms with Crippen molar-refractivity contribution >= 4 is 22.2 Å². The first-order chi connectivity index (χ1) is 9.27. The van der Waals surface area contributed by atoms with E-state index in [2.05, 4.69) is 34.1 Å². The van der Waals surface area contributed by atoms with E-state index in [0.717, 1.165) is 13.1 Å². The number of benzene rings is 1. The number of fused-ring (bicyclic) bond motifs is 2. The lowest BCUT2D eigenvalue weighted by molar-refractivity contribution is 0.263. The van der Waals surface area contributed by atoms with Gasteiger partial charge in [0.2, 0.25) is 0 Å². The van der Waals surface area contributed by atoms with Crippen LogP contribution in [0.15, 0.2) is 30.5 Å². The molecule has 98 valence electrons. The van der Waals surface area contributed by atoms with Crippen molar-refractivity contribution in [3.05, 3.63) is 40.9 Å². The van der Waals surface area contributed by atoms with Crippen LogP contribution in [0.2, 0.25) is 0 Å². The summed E-state index contributed by atoms with van der Waals surface area (Å²) in [6.07, 6.45) is 5.96. The van der Waals surface area contributed by atoms with Crippen molar-refractivity contribution in [1.29, 1.82) is 0 Å². The molecule has 1 saturated carbocycles. The zero-order valence-electron chi connectivity index (χ0n) is 10.8. The van der Waals surface area contributed by atoms with E-state index in [9.17, 15) is 0 Å². The van der Waals surface area contributed by atoms with Crippen molar-refractivity contribution < 1.29 is 0 Å². The van der Waals surface area contributed by atoms with Crippen LogP contribution in [0.1, 0.15) is 29.7 Å². The summed E-state index contributed by atoms with van der Waals surface area (Å²) in [7, 11) is 0. The van der Waals surface area contributed by atoms with Crippen LogP contribution in [0.5, 0.6) is 0 Å². The minimum Gasteiger partial charge on any atom is -0.375 e. The van der Waals surface area contributed by atoms with Gasteiger partial charge in [-0.05, 0) is 24.5 Å². The lowest BCUT2D eigenvalue weighted by Gasteiger charge is -2.39. The summed E-state index contributed by atoms with van der Waals surface area (Å²) in [6, 6.07) is 8.89. The third-order valence-electron chi connectivity index (χ3n) is 4.54. The summed E-state index contributed by atoms with van der Waals surface area (Å²) in [4.78, 5) is 7.91. The van der Waals surface area contributed by atoms with Crippen LogP contribution in [-0.4, -0.2) is 11.5 Å². The van der Waals surface area contributed by atoms with Crippen LogP contribution in [0.25, 0.3) is 0 Å². The minimum absolute atomic E-state index is 0.437. The number of aromatic nitrogens is 1. The van der Waals surface area contributed by atoms with Crippen LogP contribution in [0, 0.1) is 0 Å². The first-order valence-corrected chi connectivity index (χ1v) is 7.63. The van der Waals surface area contributed by atoms with Crippen molar-refractivity contribution in [2.24, 2.45) is 0 Å². The number of hydrogen-bond acceptors (Lipinski definition) is 4. The average molecular weight is 271 g/mol. The van der Waals surface area contributed by atoms with Gasteiger partial charge in [0.05, 0.1) is 6.54 Å². The molecule has 4 rings (SSSR count). The van der Waals surface area contributed by atoms with Gasteiger partial charge in [0.25, 0.3) is 0 Å². The van der Waals surface area contributed by atoms with Gasteiger partial charge in [-0.3, -0.25) is 0 Å². The molecule has 3 nitrogen and oxygen atoms in total. The number of anilines is 2. The molecule has 0 atom stereocenters. The molecule has 2 N–H and O–H groups in total. The molecule has 0 amide bonds. The van der Waals surface area contributed by atoms with Crippen molar-refractivity contribution in [3.63, 3.8) is 0 Å². The highest BCUT2D eigenvalue weighted by Gasteiger charge is 2.46. The molecule has 0 unspecified atom stereocenters. The Hall–Kier alpha value is -1.55. The molecule has 0 radical (unpaired) electrons. The summed E-state index contributed by atoms with van der Waals surface area (Å²) in [5, 5.41) is 0.667. The van der Waals surface area contributed by atoms with Gasteiger partial charge in [-0.15, -0.1) is 11.3 Å². The first kappa shape index (κ1) is 11.3. The third-order valence-corrected chi connectivity index (χ3v) is 5.35. The zero-order valence-corrected chi connectivity index (χ0v) is 11.6. The van der Waals surface area contributed by atoms with E-state index in [1.165, 1.54) is 29.8 Å². The molecule has 2 heterocycles. The molecule has 1 aromatic heterocycles. The number of nitrogens with two attached hydrogens (primary N) is 1. The predicted molar refractivity (Wildman–Crippen MR) is 79.5 cm³/mol. The second-order valence-corrected chi connectivity index (χ2v) is 6.82. The second-order valence-electron chi connectivity index (χ2n) is 5.67. The van der Waals surface area contributed by atoms with Gasteiger partial charge in [0.1, 0.15) is 0 Å². The molecule has 0 bridgehead atoms. The smallest absolute Gasteiger partial charge is 0.180 e. The lowest BCUT2D eigenvalue weighted by atomic mass is 9.66. The van der Waals surface area contributed by atoms with E-state index < -0.39 is 0 Å². The summed E-state index contributed by atoms with van der Waals surface area (Å²) < 4.78 is 0. The molecule has 0 saturated heterocycles. The van der Waals surface area contributed by atoms with E-state index in [0.29, 0.717) is 10.5 Å². The summed E-state index contributed by atoms with van der Waals surface area (Å²) in [5.74, 6) is 0. The monoisotopic (exact) mass is 271 g/mol. The summed E-state index contributed by atoms with van der Waals surface area (Å²) in [5.41, 5.74) is 9.13. The lowest BCUT2D eigenvalue weighted by Crippen LogP contribution is -2.39. The molecular formula is C15H17N3S. The first-order valence-electron chi connectivity index (χ1n) is 6.82. The SMILES string of the molecule is Nc1ncc(CN2CC3(CCC3)c3ccccc32)s1. The van der Waals surface area contributed by atoms with Crippen molar-refractivity contribution in [2.45, 2.75) is 31.2 Å². The highest BCUT2D eigenvalue weighted by molar-refractivity contribution is 7.15. The molecule has 1 aromatic carbocycles. The van der Waals surface area contributed by atoms with Crippen molar-refractivity contribution in [3.8, 4) is 0 Å². The molecular weight excluding hydrogens is 254 g/mol. The molecule has 1 spiro atoms. The average Bonchev–Trinajstić information content (AvgIpc) is 2.92. The Morgan fingerprint density at radius 3 is 2.84 bits per heavy atom. The highest BCUT2D eigenvalue weighted by atomic mass is 32.1. The number of nitrogens with zero attached hydrogens (tertiary/aromatic N) is 2. The number of hydrogen-bond donors (Lipinski definition) is 1. The van der Waals surface area contributed by atoms with Gasteiger partial charge in [0, 0.05) is 28.7 Å². The van der Waals surface area contributed by atoms with Crippen LogP contribution in [-0.2, 0) is 12.0 Å². The normalized spacial score (nSPS) is 19.5. The Labute approximate surface area is 117 Å². The van der Waals surface area contributed by atoms with E-state index in [-0.39, 0.29) is 0 Å². The second kappa shape index (κ2) is 3.97. The van der Waals surface area contributed by atoms with Gasteiger partial charge in [-0.1, -0.05) is 24.6 Å². The van der Waals surface area contributed by atoms with Gasteiger partial charge >= 0.3 is 0 Å². The Balaban J connectivity index is 1.67. The maximum Gasteiger partial charge on any atom is 0.180 e. The molecule has 2 aromatic rings. The van der Waals surface area contributed by atoms with E-state index >= 15 is 0 Å². The fourth-order valence-corrected chi connectivity index (χ4v) is 4.19. The van der Waals surface area contributed by atoms with Gasteiger partial charge in [0.15, 0.2) is 5.13 Å². The molecule has 1 aliphatic heterocycles. The van der Waals surface area contributed by atoms with Crippen LogP contribution >= 0.6 is 11.3 Å². The minimum atomic E-state index is 0.437.